The Hall–Kier alpha value is -1.80. The number of hydrogen-bond acceptors (Lipinski definition) is 1. The molecule has 0 amide bonds. The van der Waals surface area contributed by atoms with Gasteiger partial charge in [0.1, 0.15) is 5.82 Å². The first-order chi connectivity index (χ1) is 11.5. The number of hydrogen-bond donors (Lipinski definition) is 1. The zero-order valence-corrected chi connectivity index (χ0v) is 14.0. The van der Waals surface area contributed by atoms with Crippen LogP contribution in [0.15, 0.2) is 59.1 Å². The van der Waals surface area contributed by atoms with Gasteiger partial charge in [0.25, 0.3) is 0 Å². The van der Waals surface area contributed by atoms with Crippen LogP contribution in [-0.2, 0) is 5.60 Å². The summed E-state index contributed by atoms with van der Waals surface area (Å²) < 4.78 is 79.9. The van der Waals surface area contributed by atoms with Crippen molar-refractivity contribution in [1.29, 1.82) is 0 Å². The van der Waals surface area contributed by atoms with Gasteiger partial charge >= 0.3 is 12.1 Å². The number of halogens is 7. The molecule has 25 heavy (non-hydrogen) atoms. The molecule has 0 aliphatic rings. The van der Waals surface area contributed by atoms with Crippen molar-refractivity contribution in [1.82, 2.24) is 0 Å². The summed E-state index contributed by atoms with van der Waals surface area (Å²) in [5.41, 5.74) is -4.15. The molecule has 2 rings (SSSR count). The summed E-state index contributed by atoms with van der Waals surface area (Å²) in [4.78, 5) is 0. The van der Waals surface area contributed by atoms with Crippen LogP contribution in [0.1, 0.15) is 11.1 Å². The summed E-state index contributed by atoms with van der Waals surface area (Å²) >= 11 is 2.97. The van der Waals surface area contributed by atoms with E-state index in [2.05, 4.69) is 15.9 Å². The van der Waals surface area contributed by atoms with Gasteiger partial charge < -0.3 is 5.11 Å². The van der Waals surface area contributed by atoms with Gasteiger partial charge in [-0.25, -0.2) is 4.39 Å². The minimum atomic E-state index is -5.99. The van der Waals surface area contributed by atoms with Gasteiger partial charge in [0.15, 0.2) is 5.60 Å². The highest BCUT2D eigenvalue weighted by Gasteiger charge is 2.69. The molecular weight excluding hydrogens is 414 g/mol. The molecule has 0 aliphatic heterocycles. The lowest BCUT2D eigenvalue weighted by Gasteiger charge is -2.35. The highest BCUT2D eigenvalue weighted by Crippen LogP contribution is 2.49. The van der Waals surface area contributed by atoms with E-state index in [1.807, 2.05) is 0 Å². The van der Waals surface area contributed by atoms with Crippen molar-refractivity contribution in [2.45, 2.75) is 17.7 Å². The van der Waals surface area contributed by atoms with Crippen molar-refractivity contribution in [3.8, 4) is 0 Å². The summed E-state index contributed by atoms with van der Waals surface area (Å²) in [6.07, 6.45) is -4.76. The molecule has 8 heteroatoms. The van der Waals surface area contributed by atoms with Gasteiger partial charge in [0, 0.05) is 4.47 Å². The van der Waals surface area contributed by atoms with Crippen molar-refractivity contribution in [3.05, 3.63) is 76.0 Å². The zero-order chi connectivity index (χ0) is 18.9. The van der Waals surface area contributed by atoms with Crippen molar-refractivity contribution >= 4 is 22.0 Å². The smallest absolute Gasteiger partial charge is 0.375 e. The average Bonchev–Trinajstić information content (AvgIpc) is 2.52. The van der Waals surface area contributed by atoms with Crippen molar-refractivity contribution < 1.29 is 31.4 Å². The molecule has 134 valence electrons. The van der Waals surface area contributed by atoms with Crippen molar-refractivity contribution in [2.75, 3.05) is 0 Å². The van der Waals surface area contributed by atoms with E-state index >= 15 is 0 Å². The first-order valence-electron chi connectivity index (χ1n) is 6.85. The van der Waals surface area contributed by atoms with Crippen LogP contribution < -0.4 is 0 Å². The van der Waals surface area contributed by atoms with E-state index in [-0.39, 0.29) is 10.0 Å². The molecule has 2 aromatic rings. The second-order valence-corrected chi connectivity index (χ2v) is 6.15. The van der Waals surface area contributed by atoms with Gasteiger partial charge in [-0.2, -0.15) is 22.0 Å². The van der Waals surface area contributed by atoms with Gasteiger partial charge in [-0.1, -0.05) is 46.3 Å². The van der Waals surface area contributed by atoms with E-state index in [1.165, 1.54) is 24.3 Å². The third kappa shape index (κ3) is 3.90. The number of rotatable bonds is 4. The summed E-state index contributed by atoms with van der Waals surface area (Å²) in [7, 11) is 0. The minimum absolute atomic E-state index is 0.146. The lowest BCUT2D eigenvalue weighted by molar-refractivity contribution is -0.334. The summed E-state index contributed by atoms with van der Waals surface area (Å²) in [5.74, 6) is -6.06. The van der Waals surface area contributed by atoms with Crippen LogP contribution in [0.4, 0.5) is 26.3 Å². The van der Waals surface area contributed by atoms with Crippen LogP contribution in [0.3, 0.4) is 0 Å². The predicted octanol–water partition coefficient (Wildman–Crippen LogP) is 5.69. The van der Waals surface area contributed by atoms with Crippen LogP contribution in [0.2, 0.25) is 0 Å². The maximum absolute atomic E-state index is 14.1. The molecular formula is C17H11BrF6O. The molecule has 2 aromatic carbocycles. The Balaban J connectivity index is 2.58. The lowest BCUT2D eigenvalue weighted by Crippen LogP contribution is -2.53. The van der Waals surface area contributed by atoms with E-state index in [0.717, 1.165) is 30.3 Å². The molecule has 0 saturated heterocycles. The van der Waals surface area contributed by atoms with Gasteiger partial charge in [-0.15, -0.1) is 0 Å². The van der Waals surface area contributed by atoms with E-state index in [1.54, 1.807) is 0 Å². The van der Waals surface area contributed by atoms with Gasteiger partial charge in [-0.05, 0) is 41.5 Å². The van der Waals surface area contributed by atoms with Crippen LogP contribution >= 0.6 is 15.9 Å². The van der Waals surface area contributed by atoms with E-state index < -0.39 is 29.1 Å². The first-order valence-corrected chi connectivity index (χ1v) is 7.64. The standard InChI is InChI=1S/C17H11BrF6O/c18-13-3-1-2-12(10-13)15(25,16(20,21)17(22,23)24)9-8-11-4-6-14(19)7-5-11/h1-10,25H/b9-8+. The molecule has 1 atom stereocenters. The zero-order valence-electron chi connectivity index (χ0n) is 12.4. The van der Waals surface area contributed by atoms with E-state index in [4.69, 9.17) is 0 Å². The van der Waals surface area contributed by atoms with Crippen LogP contribution in [-0.4, -0.2) is 17.2 Å². The molecule has 0 aliphatic carbocycles. The maximum atomic E-state index is 14.1. The minimum Gasteiger partial charge on any atom is -0.375 e. The summed E-state index contributed by atoms with van der Waals surface area (Å²) in [6, 6.07) is 8.95. The first kappa shape index (κ1) is 19.5. The Morgan fingerprint density at radius 3 is 2.04 bits per heavy atom. The topological polar surface area (TPSA) is 20.2 Å². The molecule has 0 radical (unpaired) electrons. The predicted molar refractivity (Wildman–Crippen MR) is 84.5 cm³/mol. The van der Waals surface area contributed by atoms with Crippen LogP contribution in [0.25, 0.3) is 6.08 Å². The Kier molecular flexibility index (Phi) is 5.34. The van der Waals surface area contributed by atoms with E-state index in [9.17, 15) is 31.4 Å². The van der Waals surface area contributed by atoms with Crippen LogP contribution in [0.5, 0.6) is 0 Å². The average molecular weight is 425 g/mol. The fourth-order valence-corrected chi connectivity index (χ4v) is 2.51. The molecule has 1 unspecified atom stereocenters. The van der Waals surface area contributed by atoms with E-state index in [0.29, 0.717) is 6.08 Å². The van der Waals surface area contributed by atoms with Crippen molar-refractivity contribution in [3.63, 3.8) is 0 Å². The Bertz CT molecular complexity index is 769. The molecule has 0 saturated carbocycles. The molecule has 0 heterocycles. The second-order valence-electron chi connectivity index (χ2n) is 5.23. The number of benzene rings is 2. The SMILES string of the molecule is OC(/C=C/c1ccc(F)cc1)(c1cccc(Br)c1)C(F)(F)C(F)(F)F. The van der Waals surface area contributed by atoms with Gasteiger partial charge in [0.05, 0.1) is 0 Å². The normalized spacial score (nSPS) is 15.4. The molecule has 1 N–H and O–H groups in total. The highest BCUT2D eigenvalue weighted by molar-refractivity contribution is 9.10. The molecule has 0 bridgehead atoms. The molecule has 0 aromatic heterocycles. The monoisotopic (exact) mass is 424 g/mol. The Morgan fingerprint density at radius 1 is 0.920 bits per heavy atom. The fraction of sp³-hybridized carbons (Fsp3) is 0.176. The van der Waals surface area contributed by atoms with Gasteiger partial charge in [-0.3, -0.25) is 0 Å². The van der Waals surface area contributed by atoms with Crippen LogP contribution in [0, 0.1) is 5.82 Å². The Morgan fingerprint density at radius 2 is 1.52 bits per heavy atom. The molecule has 1 nitrogen and oxygen atoms in total. The quantitative estimate of drug-likeness (QED) is 0.625. The second kappa shape index (κ2) is 6.84. The summed E-state index contributed by atoms with van der Waals surface area (Å²) in [5, 5.41) is 10.3. The third-order valence-electron chi connectivity index (χ3n) is 3.49. The molecule has 0 spiro atoms. The fourth-order valence-electron chi connectivity index (χ4n) is 2.11. The lowest BCUT2D eigenvalue weighted by atomic mass is 9.86. The largest absolute Gasteiger partial charge is 0.457 e. The van der Waals surface area contributed by atoms with Crippen molar-refractivity contribution in [2.24, 2.45) is 0 Å². The van der Waals surface area contributed by atoms with Gasteiger partial charge in [0.2, 0.25) is 0 Å². The maximum Gasteiger partial charge on any atom is 0.457 e. The Labute approximate surface area is 147 Å². The summed E-state index contributed by atoms with van der Waals surface area (Å²) in [6.45, 7) is 0. The number of aliphatic hydroxyl groups is 1. The highest BCUT2D eigenvalue weighted by atomic mass is 79.9. The molecule has 0 fully saturated rings. The number of alkyl halides is 5. The third-order valence-corrected chi connectivity index (χ3v) is 3.98.